The Hall–Kier alpha value is -3.80. The Morgan fingerprint density at radius 2 is 1.57 bits per heavy atom. The number of nitrogens with one attached hydrogen (secondary N) is 1. The van der Waals surface area contributed by atoms with E-state index >= 15 is 0 Å². The SMILES string of the molecule is CC(NC(=O)c1nn(-c2ccccc2)c(=O)c2ccccc12)c1ccncc1. The third-order valence-corrected chi connectivity index (χ3v) is 4.57. The van der Waals surface area contributed by atoms with Gasteiger partial charge in [-0.2, -0.15) is 9.78 Å². The fourth-order valence-corrected chi connectivity index (χ4v) is 3.10. The van der Waals surface area contributed by atoms with Gasteiger partial charge in [-0.3, -0.25) is 14.6 Å². The zero-order chi connectivity index (χ0) is 19.5. The number of nitrogens with zero attached hydrogens (tertiary/aromatic N) is 3. The molecule has 1 amide bonds. The predicted octanol–water partition coefficient (Wildman–Crippen LogP) is 3.27. The summed E-state index contributed by atoms with van der Waals surface area (Å²) in [7, 11) is 0. The molecule has 6 nitrogen and oxygen atoms in total. The van der Waals surface area contributed by atoms with Gasteiger partial charge in [0.25, 0.3) is 11.5 Å². The number of benzene rings is 2. The summed E-state index contributed by atoms with van der Waals surface area (Å²) in [5.41, 5.74) is 1.49. The predicted molar refractivity (Wildman–Crippen MR) is 107 cm³/mol. The molecule has 0 spiro atoms. The molecule has 1 unspecified atom stereocenters. The van der Waals surface area contributed by atoms with Crippen LogP contribution in [0.4, 0.5) is 0 Å². The molecule has 0 bridgehead atoms. The minimum Gasteiger partial charge on any atom is -0.344 e. The maximum Gasteiger partial charge on any atom is 0.279 e. The molecular weight excluding hydrogens is 352 g/mol. The summed E-state index contributed by atoms with van der Waals surface area (Å²) in [6.45, 7) is 1.89. The molecule has 0 aliphatic heterocycles. The third-order valence-electron chi connectivity index (χ3n) is 4.57. The van der Waals surface area contributed by atoms with Gasteiger partial charge in [-0.25, -0.2) is 0 Å². The molecule has 1 atom stereocenters. The summed E-state index contributed by atoms with van der Waals surface area (Å²) < 4.78 is 1.27. The molecule has 4 aromatic rings. The zero-order valence-electron chi connectivity index (χ0n) is 15.2. The molecule has 28 heavy (non-hydrogen) atoms. The first-order valence-electron chi connectivity index (χ1n) is 8.93. The minimum absolute atomic E-state index is 0.208. The monoisotopic (exact) mass is 370 g/mol. The van der Waals surface area contributed by atoms with Crippen LogP contribution in [0.5, 0.6) is 0 Å². The highest BCUT2D eigenvalue weighted by Gasteiger charge is 2.19. The van der Waals surface area contributed by atoms with E-state index in [2.05, 4.69) is 15.4 Å². The van der Waals surface area contributed by atoms with Crippen LogP contribution < -0.4 is 10.9 Å². The number of aromatic nitrogens is 3. The van der Waals surface area contributed by atoms with Crippen molar-refractivity contribution >= 4 is 16.7 Å². The van der Waals surface area contributed by atoms with Gasteiger partial charge in [0.2, 0.25) is 0 Å². The van der Waals surface area contributed by atoms with Crippen molar-refractivity contribution in [3.63, 3.8) is 0 Å². The van der Waals surface area contributed by atoms with Crippen LogP contribution in [0.3, 0.4) is 0 Å². The lowest BCUT2D eigenvalue weighted by Crippen LogP contribution is -2.31. The van der Waals surface area contributed by atoms with Gasteiger partial charge in [0.05, 0.1) is 17.1 Å². The number of carbonyl (C=O) groups is 1. The Morgan fingerprint density at radius 3 is 2.29 bits per heavy atom. The number of pyridine rings is 1. The highest BCUT2D eigenvalue weighted by molar-refractivity contribution is 6.05. The van der Waals surface area contributed by atoms with Crippen molar-refractivity contribution in [3.8, 4) is 5.69 Å². The van der Waals surface area contributed by atoms with Crippen molar-refractivity contribution in [1.82, 2.24) is 20.1 Å². The first-order chi connectivity index (χ1) is 13.6. The van der Waals surface area contributed by atoms with Crippen LogP contribution in [0.15, 0.2) is 83.9 Å². The number of para-hydroxylation sites is 1. The normalized spacial score (nSPS) is 11.9. The lowest BCUT2D eigenvalue weighted by atomic mass is 10.1. The zero-order valence-corrected chi connectivity index (χ0v) is 15.2. The molecule has 0 saturated carbocycles. The second-order valence-electron chi connectivity index (χ2n) is 6.42. The summed E-state index contributed by atoms with van der Waals surface area (Å²) in [5.74, 6) is -0.342. The van der Waals surface area contributed by atoms with Crippen molar-refractivity contribution in [2.75, 3.05) is 0 Å². The third kappa shape index (κ3) is 3.27. The van der Waals surface area contributed by atoms with Crippen LogP contribution in [0, 0.1) is 0 Å². The number of carbonyl (C=O) groups excluding carboxylic acids is 1. The van der Waals surface area contributed by atoms with Crippen LogP contribution in [-0.2, 0) is 0 Å². The number of hydrogen-bond donors (Lipinski definition) is 1. The van der Waals surface area contributed by atoms with Gasteiger partial charge in [-0.1, -0.05) is 36.4 Å². The number of hydrogen-bond acceptors (Lipinski definition) is 4. The lowest BCUT2D eigenvalue weighted by molar-refractivity contribution is 0.0935. The number of amides is 1. The number of fused-ring (bicyclic) bond motifs is 1. The fraction of sp³-hybridized carbons (Fsp3) is 0.0909. The van der Waals surface area contributed by atoms with Gasteiger partial charge in [-0.05, 0) is 42.8 Å². The molecule has 4 rings (SSSR count). The van der Waals surface area contributed by atoms with E-state index in [1.54, 1.807) is 48.8 Å². The van der Waals surface area contributed by atoms with Crippen LogP contribution in [0.25, 0.3) is 16.5 Å². The summed E-state index contributed by atoms with van der Waals surface area (Å²) in [5, 5.41) is 8.33. The van der Waals surface area contributed by atoms with Crippen LogP contribution >= 0.6 is 0 Å². The van der Waals surface area contributed by atoms with E-state index in [4.69, 9.17) is 0 Å². The Balaban J connectivity index is 1.81. The van der Waals surface area contributed by atoms with Gasteiger partial charge in [0.15, 0.2) is 5.69 Å². The van der Waals surface area contributed by atoms with Gasteiger partial charge in [-0.15, -0.1) is 0 Å². The smallest absolute Gasteiger partial charge is 0.279 e. The molecule has 1 N–H and O–H groups in total. The molecule has 138 valence electrons. The first kappa shape index (κ1) is 17.6. The van der Waals surface area contributed by atoms with E-state index in [1.165, 1.54) is 4.68 Å². The van der Waals surface area contributed by atoms with Gasteiger partial charge in [0, 0.05) is 17.8 Å². The van der Waals surface area contributed by atoms with Gasteiger partial charge < -0.3 is 5.32 Å². The molecule has 6 heteroatoms. The van der Waals surface area contributed by atoms with Crippen LogP contribution in [-0.4, -0.2) is 20.7 Å². The maximum atomic E-state index is 13.0. The van der Waals surface area contributed by atoms with Gasteiger partial charge >= 0.3 is 0 Å². The van der Waals surface area contributed by atoms with Gasteiger partial charge in [0.1, 0.15) is 0 Å². The highest BCUT2D eigenvalue weighted by atomic mass is 16.2. The van der Waals surface area contributed by atoms with Crippen molar-refractivity contribution in [2.24, 2.45) is 0 Å². The molecule has 0 aliphatic carbocycles. The second kappa shape index (κ2) is 7.44. The Kier molecular flexibility index (Phi) is 4.68. The van der Waals surface area contributed by atoms with Crippen molar-refractivity contribution in [2.45, 2.75) is 13.0 Å². The van der Waals surface area contributed by atoms with E-state index in [0.29, 0.717) is 16.5 Å². The van der Waals surface area contributed by atoms with E-state index in [1.807, 2.05) is 37.3 Å². The average molecular weight is 370 g/mol. The van der Waals surface area contributed by atoms with Crippen LogP contribution in [0.1, 0.15) is 29.0 Å². The molecular formula is C22H18N4O2. The Morgan fingerprint density at radius 1 is 0.929 bits per heavy atom. The molecule has 0 saturated heterocycles. The fourth-order valence-electron chi connectivity index (χ4n) is 3.10. The maximum absolute atomic E-state index is 13.0. The molecule has 2 heterocycles. The molecule has 0 fully saturated rings. The number of rotatable bonds is 4. The van der Waals surface area contributed by atoms with E-state index in [-0.39, 0.29) is 23.2 Å². The Labute approximate surface area is 161 Å². The van der Waals surface area contributed by atoms with Crippen molar-refractivity contribution in [3.05, 3.63) is 101 Å². The molecule has 0 radical (unpaired) electrons. The highest BCUT2D eigenvalue weighted by Crippen LogP contribution is 2.17. The quantitative estimate of drug-likeness (QED) is 0.598. The largest absolute Gasteiger partial charge is 0.344 e. The standard InChI is InChI=1S/C22H18N4O2/c1-15(16-11-13-23-14-12-16)24-21(27)20-18-9-5-6-10-19(18)22(28)26(25-20)17-7-3-2-4-8-17/h2-15H,1H3,(H,24,27). The molecule has 0 aliphatic rings. The van der Waals surface area contributed by atoms with Crippen molar-refractivity contribution in [1.29, 1.82) is 0 Å². The van der Waals surface area contributed by atoms with E-state index in [0.717, 1.165) is 5.56 Å². The van der Waals surface area contributed by atoms with E-state index in [9.17, 15) is 9.59 Å². The van der Waals surface area contributed by atoms with Crippen LogP contribution in [0.2, 0.25) is 0 Å². The summed E-state index contributed by atoms with van der Waals surface area (Å²) in [6.07, 6.45) is 3.36. The molecule has 2 aromatic carbocycles. The minimum atomic E-state index is -0.342. The van der Waals surface area contributed by atoms with E-state index < -0.39 is 0 Å². The average Bonchev–Trinajstić information content (AvgIpc) is 2.75. The van der Waals surface area contributed by atoms with Crippen molar-refractivity contribution < 1.29 is 4.79 Å². The first-order valence-corrected chi connectivity index (χ1v) is 8.93. The molecule has 2 aromatic heterocycles. The summed E-state index contributed by atoms with van der Waals surface area (Å²) in [4.78, 5) is 29.9. The topological polar surface area (TPSA) is 76.9 Å². The summed E-state index contributed by atoms with van der Waals surface area (Å²) in [6, 6.07) is 19.6. The lowest BCUT2D eigenvalue weighted by Gasteiger charge is -2.15. The summed E-state index contributed by atoms with van der Waals surface area (Å²) >= 11 is 0. The Bertz CT molecular complexity index is 1190. The second-order valence-corrected chi connectivity index (χ2v) is 6.42.